The van der Waals surface area contributed by atoms with Crippen LogP contribution in [0.5, 0.6) is 0 Å². The molecule has 2 heterocycles. The highest BCUT2D eigenvalue weighted by molar-refractivity contribution is 5.97. The van der Waals surface area contributed by atoms with Crippen molar-refractivity contribution in [2.45, 2.75) is 26.4 Å². The normalized spacial score (nSPS) is 10.5. The summed E-state index contributed by atoms with van der Waals surface area (Å²) in [5.41, 5.74) is 3.59. The Bertz CT molecular complexity index is 994. The maximum absolute atomic E-state index is 12.1. The Kier molecular flexibility index (Phi) is 5.14. The fourth-order valence-corrected chi connectivity index (χ4v) is 2.75. The van der Waals surface area contributed by atoms with Gasteiger partial charge < -0.3 is 9.14 Å². The van der Waals surface area contributed by atoms with Crippen LogP contribution < -0.4 is 0 Å². The molecule has 2 aromatic heterocycles. The van der Waals surface area contributed by atoms with Gasteiger partial charge >= 0.3 is 5.97 Å². The number of Topliss-reactive ketones (excluding diaryl/α,β-unsaturated/α-hetero) is 1. The number of carbonyl (C=O) groups is 2. The van der Waals surface area contributed by atoms with Gasteiger partial charge in [-0.2, -0.15) is 5.26 Å². The lowest BCUT2D eigenvalue weighted by atomic mass is 10.1. The minimum absolute atomic E-state index is 0.0158. The van der Waals surface area contributed by atoms with Crippen LogP contribution in [0, 0.1) is 18.3 Å². The van der Waals surface area contributed by atoms with Gasteiger partial charge in [-0.25, -0.2) is 0 Å². The molecule has 0 radical (unpaired) electrons. The molecule has 0 unspecified atom stereocenters. The number of hydrogen-bond acceptors (Lipinski definition) is 4. The van der Waals surface area contributed by atoms with Gasteiger partial charge in [0.2, 0.25) is 0 Å². The third-order valence-electron chi connectivity index (χ3n) is 4.19. The maximum atomic E-state index is 12.1. The Labute approximate surface area is 151 Å². The third-order valence-corrected chi connectivity index (χ3v) is 4.19. The van der Waals surface area contributed by atoms with E-state index in [0.29, 0.717) is 16.7 Å². The topological polar surface area (TPSA) is 71.6 Å². The van der Waals surface area contributed by atoms with E-state index in [1.807, 2.05) is 47.9 Å². The minimum Gasteiger partial charge on any atom is -0.461 e. The van der Waals surface area contributed by atoms with Gasteiger partial charge in [0.05, 0.1) is 17.5 Å². The highest BCUT2D eigenvalue weighted by Crippen LogP contribution is 2.19. The van der Waals surface area contributed by atoms with Gasteiger partial charge in [-0.3, -0.25) is 9.59 Å². The molecule has 0 aliphatic rings. The molecule has 0 fully saturated rings. The molecule has 26 heavy (non-hydrogen) atoms. The first-order chi connectivity index (χ1) is 12.6. The standard InChI is InChI=1S/C21H18N2O3/c1-15-5-7-16(8-6-15)20(24)9-10-21(25)26-14-17-13-23-11-3-2-4-19(23)18(17)12-22/h2-8,11,13H,9-10,14H2,1H3. The van der Waals surface area contributed by atoms with Crippen molar-refractivity contribution < 1.29 is 14.3 Å². The largest absolute Gasteiger partial charge is 0.461 e. The van der Waals surface area contributed by atoms with Crippen LogP contribution in [0.2, 0.25) is 0 Å². The smallest absolute Gasteiger partial charge is 0.306 e. The average Bonchev–Trinajstić information content (AvgIpc) is 3.02. The van der Waals surface area contributed by atoms with Crippen LogP contribution in [0.1, 0.15) is 39.9 Å². The molecule has 5 heteroatoms. The minimum atomic E-state index is -0.454. The summed E-state index contributed by atoms with van der Waals surface area (Å²) in [6, 6.07) is 15.0. The Hall–Kier alpha value is -3.39. The molecule has 0 N–H and O–H groups in total. The van der Waals surface area contributed by atoms with Gasteiger partial charge in [0.25, 0.3) is 0 Å². The number of fused-ring (bicyclic) bond motifs is 1. The summed E-state index contributed by atoms with van der Waals surface area (Å²) >= 11 is 0. The quantitative estimate of drug-likeness (QED) is 0.502. The van der Waals surface area contributed by atoms with Crippen molar-refractivity contribution in [1.82, 2.24) is 4.40 Å². The second kappa shape index (κ2) is 7.66. The highest BCUT2D eigenvalue weighted by atomic mass is 16.5. The second-order valence-corrected chi connectivity index (χ2v) is 6.08. The number of rotatable bonds is 6. The monoisotopic (exact) mass is 346 g/mol. The highest BCUT2D eigenvalue weighted by Gasteiger charge is 2.14. The SMILES string of the molecule is Cc1ccc(C(=O)CCC(=O)OCc2cn3ccccc3c2C#N)cc1. The van der Waals surface area contributed by atoms with Crippen molar-refractivity contribution in [2.24, 2.45) is 0 Å². The molecular weight excluding hydrogens is 328 g/mol. The summed E-state index contributed by atoms with van der Waals surface area (Å²) < 4.78 is 7.07. The number of aromatic nitrogens is 1. The van der Waals surface area contributed by atoms with Crippen LogP contribution in [0.25, 0.3) is 5.52 Å². The van der Waals surface area contributed by atoms with Crippen molar-refractivity contribution >= 4 is 17.3 Å². The summed E-state index contributed by atoms with van der Waals surface area (Å²) in [4.78, 5) is 24.1. The molecule has 0 spiro atoms. The number of nitriles is 1. The lowest BCUT2D eigenvalue weighted by Crippen LogP contribution is -2.08. The van der Waals surface area contributed by atoms with Crippen LogP contribution in [0.4, 0.5) is 0 Å². The molecule has 3 aromatic rings. The number of ketones is 1. The van der Waals surface area contributed by atoms with Gasteiger partial charge in [0.1, 0.15) is 12.7 Å². The predicted molar refractivity (Wildman–Crippen MR) is 96.7 cm³/mol. The van der Waals surface area contributed by atoms with Gasteiger partial charge in [0.15, 0.2) is 5.78 Å². The number of hydrogen-bond donors (Lipinski definition) is 0. The lowest BCUT2D eigenvalue weighted by Gasteiger charge is -2.04. The first-order valence-corrected chi connectivity index (χ1v) is 8.32. The van der Waals surface area contributed by atoms with E-state index in [4.69, 9.17) is 4.74 Å². The Morgan fingerprint density at radius 2 is 1.88 bits per heavy atom. The van der Waals surface area contributed by atoms with Gasteiger partial charge in [0, 0.05) is 29.9 Å². The molecule has 0 saturated heterocycles. The number of ether oxygens (including phenoxy) is 1. The van der Waals surface area contributed by atoms with E-state index >= 15 is 0 Å². The van der Waals surface area contributed by atoms with Crippen molar-refractivity contribution in [3.8, 4) is 6.07 Å². The maximum Gasteiger partial charge on any atom is 0.306 e. The molecule has 0 bridgehead atoms. The summed E-state index contributed by atoms with van der Waals surface area (Å²) in [5, 5.41) is 9.34. The molecule has 1 aromatic carbocycles. The Balaban J connectivity index is 1.57. The van der Waals surface area contributed by atoms with Crippen molar-refractivity contribution in [3.63, 3.8) is 0 Å². The predicted octanol–water partition coefficient (Wildman–Crippen LogP) is 3.83. The van der Waals surface area contributed by atoms with Crippen LogP contribution in [-0.2, 0) is 16.1 Å². The number of benzene rings is 1. The van der Waals surface area contributed by atoms with E-state index in [1.165, 1.54) is 0 Å². The summed E-state index contributed by atoms with van der Waals surface area (Å²) in [5.74, 6) is -0.543. The van der Waals surface area contributed by atoms with E-state index in [0.717, 1.165) is 11.1 Å². The number of carbonyl (C=O) groups excluding carboxylic acids is 2. The average molecular weight is 346 g/mol. The molecule has 0 aliphatic carbocycles. The fraction of sp³-hybridized carbons (Fsp3) is 0.190. The number of pyridine rings is 1. The number of aryl methyl sites for hydroxylation is 1. The summed E-state index contributed by atoms with van der Waals surface area (Å²) in [7, 11) is 0. The molecule has 0 aliphatic heterocycles. The molecule has 0 atom stereocenters. The summed E-state index contributed by atoms with van der Waals surface area (Å²) in [6.45, 7) is 1.97. The van der Waals surface area contributed by atoms with Crippen LogP contribution in [0.3, 0.4) is 0 Å². The summed E-state index contributed by atoms with van der Waals surface area (Å²) in [6.07, 6.45) is 3.73. The Morgan fingerprint density at radius 3 is 2.62 bits per heavy atom. The van der Waals surface area contributed by atoms with Crippen LogP contribution >= 0.6 is 0 Å². The number of esters is 1. The van der Waals surface area contributed by atoms with E-state index in [-0.39, 0.29) is 25.2 Å². The van der Waals surface area contributed by atoms with Crippen molar-refractivity contribution in [3.05, 3.63) is 77.1 Å². The van der Waals surface area contributed by atoms with Gasteiger partial charge in [-0.1, -0.05) is 35.9 Å². The first-order valence-electron chi connectivity index (χ1n) is 8.32. The van der Waals surface area contributed by atoms with Gasteiger partial charge in [-0.05, 0) is 19.1 Å². The van der Waals surface area contributed by atoms with Crippen LogP contribution in [-0.4, -0.2) is 16.2 Å². The zero-order valence-electron chi connectivity index (χ0n) is 14.4. The molecule has 0 saturated carbocycles. The van der Waals surface area contributed by atoms with E-state index in [1.54, 1.807) is 18.3 Å². The van der Waals surface area contributed by atoms with Crippen LogP contribution in [0.15, 0.2) is 54.9 Å². The molecule has 130 valence electrons. The first kappa shape index (κ1) is 17.4. The zero-order chi connectivity index (χ0) is 18.5. The van der Waals surface area contributed by atoms with E-state index < -0.39 is 5.97 Å². The van der Waals surface area contributed by atoms with Crippen molar-refractivity contribution in [2.75, 3.05) is 0 Å². The molecule has 5 nitrogen and oxygen atoms in total. The molecular formula is C21H18N2O3. The van der Waals surface area contributed by atoms with Gasteiger partial charge in [-0.15, -0.1) is 0 Å². The lowest BCUT2D eigenvalue weighted by molar-refractivity contribution is -0.144. The number of nitrogens with zero attached hydrogens (tertiary/aromatic N) is 2. The van der Waals surface area contributed by atoms with E-state index in [9.17, 15) is 14.9 Å². The van der Waals surface area contributed by atoms with E-state index in [2.05, 4.69) is 6.07 Å². The Morgan fingerprint density at radius 1 is 1.12 bits per heavy atom. The molecule has 3 rings (SSSR count). The van der Waals surface area contributed by atoms with Crippen molar-refractivity contribution in [1.29, 1.82) is 5.26 Å². The fourth-order valence-electron chi connectivity index (χ4n) is 2.75. The third kappa shape index (κ3) is 3.81. The molecule has 0 amide bonds. The zero-order valence-corrected chi connectivity index (χ0v) is 14.4. The second-order valence-electron chi connectivity index (χ2n) is 6.08.